The highest BCUT2D eigenvalue weighted by Gasteiger charge is 2.44. The van der Waals surface area contributed by atoms with Crippen LogP contribution >= 0.6 is 0 Å². The fourth-order valence-electron chi connectivity index (χ4n) is 3.55. The van der Waals surface area contributed by atoms with Gasteiger partial charge in [0.15, 0.2) is 0 Å². The van der Waals surface area contributed by atoms with Gasteiger partial charge in [0.05, 0.1) is 5.41 Å². The largest absolute Gasteiger partial charge is 0.369 e. The van der Waals surface area contributed by atoms with Gasteiger partial charge in [-0.05, 0) is 48.4 Å². The lowest BCUT2D eigenvalue weighted by Gasteiger charge is -2.38. The van der Waals surface area contributed by atoms with Gasteiger partial charge in [-0.2, -0.15) is 0 Å². The Kier molecular flexibility index (Phi) is 3.09. The maximum absolute atomic E-state index is 12.4. The monoisotopic (exact) mass is 265 g/mol. The van der Waals surface area contributed by atoms with Crippen molar-refractivity contribution in [2.24, 2.45) is 5.73 Å². The number of carbonyl (C=O) groups excluding carboxylic acids is 1. The summed E-state index contributed by atoms with van der Waals surface area (Å²) in [5.74, 6) is -0.237. The molecule has 0 bridgehead atoms. The second kappa shape index (κ2) is 4.78. The minimum Gasteiger partial charge on any atom is -0.369 e. The van der Waals surface area contributed by atoms with E-state index >= 15 is 0 Å². The molecule has 0 fully saturated rings. The molecule has 1 aliphatic rings. The van der Waals surface area contributed by atoms with Crippen LogP contribution in [0.1, 0.15) is 35.1 Å². The topological polar surface area (TPSA) is 43.1 Å². The van der Waals surface area contributed by atoms with E-state index in [4.69, 9.17) is 5.73 Å². The molecule has 1 unspecified atom stereocenters. The molecule has 0 heterocycles. The minimum atomic E-state index is -0.666. The van der Waals surface area contributed by atoms with Gasteiger partial charge in [0.2, 0.25) is 5.91 Å². The molecule has 0 aliphatic heterocycles. The third kappa shape index (κ3) is 1.75. The van der Waals surface area contributed by atoms with Crippen molar-refractivity contribution < 1.29 is 4.79 Å². The van der Waals surface area contributed by atoms with Crippen molar-refractivity contribution in [3.8, 4) is 0 Å². The molecular weight excluding hydrogens is 246 g/mol. The van der Waals surface area contributed by atoms with Gasteiger partial charge in [-0.3, -0.25) is 4.79 Å². The van der Waals surface area contributed by atoms with Crippen molar-refractivity contribution in [3.05, 3.63) is 70.8 Å². The summed E-state index contributed by atoms with van der Waals surface area (Å²) >= 11 is 0. The molecule has 0 spiro atoms. The highest BCUT2D eigenvalue weighted by atomic mass is 16.1. The molecule has 1 atom stereocenters. The van der Waals surface area contributed by atoms with Crippen LogP contribution in [0.15, 0.2) is 48.5 Å². The molecule has 3 rings (SSSR count). The number of hydrogen-bond acceptors (Lipinski definition) is 1. The number of benzene rings is 2. The molecule has 1 aliphatic carbocycles. The molecule has 0 saturated carbocycles. The predicted molar refractivity (Wildman–Crippen MR) is 80.5 cm³/mol. The van der Waals surface area contributed by atoms with E-state index in [1.165, 1.54) is 5.56 Å². The number of amides is 1. The third-order valence-corrected chi connectivity index (χ3v) is 4.50. The Bertz CT molecular complexity index is 662. The Balaban J connectivity index is 2.31. The van der Waals surface area contributed by atoms with Crippen molar-refractivity contribution in [1.82, 2.24) is 0 Å². The van der Waals surface area contributed by atoms with Crippen LogP contribution in [0, 0.1) is 6.92 Å². The fraction of sp³-hybridized carbons (Fsp3) is 0.278. The second-order valence-corrected chi connectivity index (χ2v) is 5.60. The molecule has 2 aromatic rings. The van der Waals surface area contributed by atoms with Gasteiger partial charge in [0.1, 0.15) is 0 Å². The van der Waals surface area contributed by atoms with Crippen LogP contribution in [-0.4, -0.2) is 5.91 Å². The lowest BCUT2D eigenvalue weighted by atomic mass is 9.64. The predicted octanol–water partition coefficient (Wildman–Crippen LogP) is 3.10. The van der Waals surface area contributed by atoms with Crippen LogP contribution < -0.4 is 5.73 Å². The molecule has 0 radical (unpaired) electrons. The van der Waals surface area contributed by atoms with Gasteiger partial charge >= 0.3 is 0 Å². The Morgan fingerprint density at radius 2 is 1.70 bits per heavy atom. The van der Waals surface area contributed by atoms with Crippen molar-refractivity contribution in [2.75, 3.05) is 0 Å². The zero-order valence-electron chi connectivity index (χ0n) is 11.7. The van der Waals surface area contributed by atoms with Crippen molar-refractivity contribution in [3.63, 3.8) is 0 Å². The standard InChI is InChI=1S/C18H19NO/c1-13-7-2-4-10-15(13)18(17(19)20)12-6-9-14-8-3-5-11-16(14)18/h2-5,7-8,10-11H,6,9,12H2,1H3,(H2,19,20). The molecule has 20 heavy (non-hydrogen) atoms. The molecule has 2 nitrogen and oxygen atoms in total. The number of carbonyl (C=O) groups is 1. The molecular formula is C18H19NO. The summed E-state index contributed by atoms with van der Waals surface area (Å²) in [4.78, 5) is 12.4. The number of aryl methyl sites for hydroxylation is 2. The maximum Gasteiger partial charge on any atom is 0.232 e. The summed E-state index contributed by atoms with van der Waals surface area (Å²) in [5.41, 5.74) is 9.74. The Morgan fingerprint density at radius 3 is 2.40 bits per heavy atom. The van der Waals surface area contributed by atoms with Crippen LogP contribution in [0.25, 0.3) is 0 Å². The normalized spacial score (nSPS) is 21.2. The smallest absolute Gasteiger partial charge is 0.232 e. The molecule has 2 aromatic carbocycles. The highest BCUT2D eigenvalue weighted by molar-refractivity contribution is 5.92. The van der Waals surface area contributed by atoms with Gasteiger partial charge < -0.3 is 5.73 Å². The number of hydrogen-bond donors (Lipinski definition) is 1. The number of fused-ring (bicyclic) bond motifs is 1. The summed E-state index contributed by atoms with van der Waals surface area (Å²) in [6, 6.07) is 16.3. The quantitative estimate of drug-likeness (QED) is 0.890. The Labute approximate surface area is 119 Å². The summed E-state index contributed by atoms with van der Waals surface area (Å²) in [5, 5.41) is 0. The Hall–Kier alpha value is -2.09. The number of rotatable bonds is 2. The third-order valence-electron chi connectivity index (χ3n) is 4.50. The zero-order valence-corrected chi connectivity index (χ0v) is 11.7. The zero-order chi connectivity index (χ0) is 14.2. The molecule has 1 amide bonds. The lowest BCUT2D eigenvalue weighted by molar-refractivity contribution is -0.122. The first-order chi connectivity index (χ1) is 9.66. The maximum atomic E-state index is 12.4. The summed E-state index contributed by atoms with van der Waals surface area (Å²) in [7, 11) is 0. The molecule has 102 valence electrons. The summed E-state index contributed by atoms with van der Waals surface area (Å²) < 4.78 is 0. The SMILES string of the molecule is Cc1ccccc1C1(C(N)=O)CCCc2ccccc21. The van der Waals surface area contributed by atoms with Crippen LogP contribution in [0.2, 0.25) is 0 Å². The van der Waals surface area contributed by atoms with Crippen LogP contribution in [0.5, 0.6) is 0 Å². The van der Waals surface area contributed by atoms with E-state index < -0.39 is 5.41 Å². The van der Waals surface area contributed by atoms with Crippen molar-refractivity contribution in [2.45, 2.75) is 31.6 Å². The number of nitrogens with two attached hydrogens (primary N) is 1. The van der Waals surface area contributed by atoms with Gasteiger partial charge in [-0.1, -0.05) is 48.5 Å². The molecule has 2 N–H and O–H groups in total. The lowest BCUT2D eigenvalue weighted by Crippen LogP contribution is -2.45. The average molecular weight is 265 g/mol. The van der Waals surface area contributed by atoms with Crippen LogP contribution in [0.4, 0.5) is 0 Å². The van der Waals surface area contributed by atoms with Gasteiger partial charge in [-0.25, -0.2) is 0 Å². The summed E-state index contributed by atoms with van der Waals surface area (Å²) in [6.45, 7) is 2.05. The molecule has 2 heteroatoms. The number of primary amides is 1. The highest BCUT2D eigenvalue weighted by Crippen LogP contribution is 2.43. The van der Waals surface area contributed by atoms with Crippen LogP contribution in [-0.2, 0) is 16.6 Å². The van der Waals surface area contributed by atoms with Gasteiger partial charge in [0.25, 0.3) is 0 Å². The first-order valence-electron chi connectivity index (χ1n) is 7.10. The van der Waals surface area contributed by atoms with E-state index in [0.717, 1.165) is 36.0 Å². The van der Waals surface area contributed by atoms with E-state index in [2.05, 4.69) is 25.1 Å². The van der Waals surface area contributed by atoms with Gasteiger partial charge in [-0.15, -0.1) is 0 Å². The van der Waals surface area contributed by atoms with E-state index in [-0.39, 0.29) is 5.91 Å². The van der Waals surface area contributed by atoms with Crippen molar-refractivity contribution in [1.29, 1.82) is 0 Å². The minimum absolute atomic E-state index is 0.237. The van der Waals surface area contributed by atoms with Crippen LogP contribution in [0.3, 0.4) is 0 Å². The second-order valence-electron chi connectivity index (χ2n) is 5.60. The average Bonchev–Trinajstić information content (AvgIpc) is 2.47. The molecule has 0 aromatic heterocycles. The first-order valence-corrected chi connectivity index (χ1v) is 7.10. The summed E-state index contributed by atoms with van der Waals surface area (Å²) in [6.07, 6.45) is 2.82. The Morgan fingerprint density at radius 1 is 1.05 bits per heavy atom. The first kappa shape index (κ1) is 12.9. The van der Waals surface area contributed by atoms with Gasteiger partial charge in [0, 0.05) is 0 Å². The molecule has 0 saturated heterocycles. The van der Waals surface area contributed by atoms with Crippen molar-refractivity contribution >= 4 is 5.91 Å². The van der Waals surface area contributed by atoms with E-state index in [9.17, 15) is 4.79 Å². The van der Waals surface area contributed by atoms with E-state index in [1.807, 2.05) is 30.3 Å². The van der Waals surface area contributed by atoms with E-state index in [1.54, 1.807) is 0 Å². The van der Waals surface area contributed by atoms with E-state index in [0.29, 0.717) is 0 Å². The fourth-order valence-corrected chi connectivity index (χ4v) is 3.55.